The summed E-state index contributed by atoms with van der Waals surface area (Å²) in [6.45, 7) is 4.48. The van der Waals surface area contributed by atoms with E-state index < -0.39 is 0 Å². The van der Waals surface area contributed by atoms with Gasteiger partial charge >= 0.3 is 0 Å². The quantitative estimate of drug-likeness (QED) is 0.923. The average molecular weight is 266 g/mol. The molecule has 0 aliphatic rings. The molecule has 0 aliphatic heterocycles. The molecule has 0 saturated carbocycles. The maximum atomic E-state index is 5.89. The zero-order chi connectivity index (χ0) is 13.1. The lowest BCUT2D eigenvalue weighted by Crippen LogP contribution is -2.11. The zero-order valence-electron chi connectivity index (χ0n) is 10.4. The van der Waals surface area contributed by atoms with Gasteiger partial charge in [0.2, 0.25) is 0 Å². The second-order valence-electron chi connectivity index (χ2n) is 4.31. The summed E-state index contributed by atoms with van der Waals surface area (Å²) >= 11 is 5.89. The molecule has 1 aromatic heterocycles. The lowest BCUT2D eigenvalue weighted by Gasteiger charge is -2.14. The molecule has 0 bridgehead atoms. The fraction of sp³-hybridized carbons (Fsp3) is 0.308. The number of imidazole rings is 1. The van der Waals surface area contributed by atoms with Crippen molar-refractivity contribution in [2.75, 3.05) is 5.73 Å². The summed E-state index contributed by atoms with van der Waals surface area (Å²) in [5.74, 6) is 2.18. The van der Waals surface area contributed by atoms with Gasteiger partial charge in [-0.3, -0.25) is 0 Å². The van der Waals surface area contributed by atoms with Crippen molar-refractivity contribution in [3.05, 3.63) is 41.3 Å². The van der Waals surface area contributed by atoms with Gasteiger partial charge in [0, 0.05) is 11.1 Å². The summed E-state index contributed by atoms with van der Waals surface area (Å²) in [5.41, 5.74) is 5.86. The Bertz CT molecular complexity index is 537. The monoisotopic (exact) mass is 265 g/mol. The SMILES string of the molecule is CC(C)n1c(N)cnc1COc1cccc(Cl)c1. The number of hydrogen-bond donors (Lipinski definition) is 1. The van der Waals surface area contributed by atoms with E-state index in [-0.39, 0.29) is 6.04 Å². The van der Waals surface area contributed by atoms with Gasteiger partial charge in [0.25, 0.3) is 0 Å². The predicted octanol–water partition coefficient (Wildman–Crippen LogP) is 3.28. The van der Waals surface area contributed by atoms with Crippen LogP contribution in [0.1, 0.15) is 25.7 Å². The van der Waals surface area contributed by atoms with Gasteiger partial charge in [-0.25, -0.2) is 4.98 Å². The highest BCUT2D eigenvalue weighted by atomic mass is 35.5. The van der Waals surface area contributed by atoms with Crippen LogP contribution in [0.2, 0.25) is 5.02 Å². The van der Waals surface area contributed by atoms with Crippen molar-refractivity contribution >= 4 is 17.4 Å². The first-order valence-corrected chi connectivity index (χ1v) is 6.15. The van der Waals surface area contributed by atoms with Crippen LogP contribution in [0.15, 0.2) is 30.5 Å². The number of rotatable bonds is 4. The van der Waals surface area contributed by atoms with Crippen molar-refractivity contribution in [1.82, 2.24) is 9.55 Å². The van der Waals surface area contributed by atoms with Crippen LogP contribution >= 0.6 is 11.6 Å². The first-order valence-electron chi connectivity index (χ1n) is 5.78. The number of nitrogen functional groups attached to an aromatic ring is 1. The molecule has 2 aromatic rings. The minimum absolute atomic E-state index is 0.255. The molecule has 4 nitrogen and oxygen atoms in total. The highest BCUT2D eigenvalue weighted by Gasteiger charge is 2.11. The van der Waals surface area contributed by atoms with Crippen molar-refractivity contribution in [3.8, 4) is 5.75 Å². The Balaban J connectivity index is 2.11. The molecule has 96 valence electrons. The molecule has 0 saturated heterocycles. The van der Waals surface area contributed by atoms with Crippen LogP contribution in [-0.4, -0.2) is 9.55 Å². The molecule has 0 aliphatic carbocycles. The normalized spacial score (nSPS) is 10.9. The van der Waals surface area contributed by atoms with Gasteiger partial charge in [0.1, 0.15) is 24.0 Å². The van der Waals surface area contributed by atoms with Crippen LogP contribution in [0.4, 0.5) is 5.82 Å². The van der Waals surface area contributed by atoms with Gasteiger partial charge in [0.05, 0.1) is 6.20 Å². The van der Waals surface area contributed by atoms with E-state index in [4.69, 9.17) is 22.1 Å². The molecule has 5 heteroatoms. The van der Waals surface area contributed by atoms with Gasteiger partial charge in [-0.15, -0.1) is 0 Å². The van der Waals surface area contributed by atoms with Crippen LogP contribution in [0.25, 0.3) is 0 Å². The van der Waals surface area contributed by atoms with E-state index in [2.05, 4.69) is 18.8 Å². The van der Waals surface area contributed by atoms with Gasteiger partial charge < -0.3 is 15.0 Å². The summed E-state index contributed by atoms with van der Waals surface area (Å²) in [4.78, 5) is 4.25. The molecular formula is C13H16ClN3O. The average Bonchev–Trinajstić information content (AvgIpc) is 2.68. The predicted molar refractivity (Wildman–Crippen MR) is 72.8 cm³/mol. The standard InChI is InChI=1S/C13H16ClN3O/c1-9(2)17-12(15)7-16-13(17)8-18-11-5-3-4-10(14)6-11/h3-7,9H,8,15H2,1-2H3. The van der Waals surface area contributed by atoms with Gasteiger partial charge in [-0.2, -0.15) is 0 Å². The third-order valence-electron chi connectivity index (χ3n) is 2.58. The smallest absolute Gasteiger partial charge is 0.148 e. The lowest BCUT2D eigenvalue weighted by atomic mass is 10.3. The first-order chi connectivity index (χ1) is 8.58. The summed E-state index contributed by atoms with van der Waals surface area (Å²) < 4.78 is 7.60. The van der Waals surface area contributed by atoms with E-state index in [1.54, 1.807) is 12.3 Å². The topological polar surface area (TPSA) is 53.1 Å². The van der Waals surface area contributed by atoms with Gasteiger partial charge in [-0.05, 0) is 32.0 Å². The summed E-state index contributed by atoms with van der Waals surface area (Å²) in [6.07, 6.45) is 1.65. The summed E-state index contributed by atoms with van der Waals surface area (Å²) in [7, 11) is 0. The van der Waals surface area contributed by atoms with Gasteiger partial charge in [-0.1, -0.05) is 17.7 Å². The minimum Gasteiger partial charge on any atom is -0.486 e. The summed E-state index contributed by atoms with van der Waals surface area (Å²) in [5, 5.41) is 0.652. The second-order valence-corrected chi connectivity index (χ2v) is 4.75. The molecule has 18 heavy (non-hydrogen) atoms. The zero-order valence-corrected chi connectivity index (χ0v) is 11.2. The molecule has 0 spiro atoms. The van der Waals surface area contributed by atoms with E-state index >= 15 is 0 Å². The van der Waals surface area contributed by atoms with E-state index in [1.165, 1.54) is 0 Å². The van der Waals surface area contributed by atoms with E-state index in [1.807, 2.05) is 22.8 Å². The van der Waals surface area contributed by atoms with Crippen molar-refractivity contribution in [3.63, 3.8) is 0 Å². The number of ether oxygens (including phenoxy) is 1. The Kier molecular flexibility index (Phi) is 3.77. The third-order valence-corrected chi connectivity index (χ3v) is 2.82. The van der Waals surface area contributed by atoms with E-state index in [9.17, 15) is 0 Å². The highest BCUT2D eigenvalue weighted by Crippen LogP contribution is 2.20. The van der Waals surface area contributed by atoms with E-state index in [0.717, 1.165) is 11.6 Å². The largest absolute Gasteiger partial charge is 0.486 e. The summed E-state index contributed by atoms with van der Waals surface area (Å²) in [6, 6.07) is 7.54. The highest BCUT2D eigenvalue weighted by molar-refractivity contribution is 6.30. The third kappa shape index (κ3) is 2.76. The number of nitrogens with two attached hydrogens (primary N) is 1. The van der Waals surface area contributed by atoms with E-state index in [0.29, 0.717) is 17.4 Å². The molecule has 0 radical (unpaired) electrons. The number of benzene rings is 1. The van der Waals surface area contributed by atoms with Crippen molar-refractivity contribution < 1.29 is 4.74 Å². The number of hydrogen-bond acceptors (Lipinski definition) is 3. The first kappa shape index (κ1) is 12.8. The number of halogens is 1. The van der Waals surface area contributed by atoms with Crippen LogP contribution in [0.3, 0.4) is 0 Å². The molecule has 1 heterocycles. The minimum atomic E-state index is 0.255. The lowest BCUT2D eigenvalue weighted by molar-refractivity contribution is 0.287. The van der Waals surface area contributed by atoms with Crippen LogP contribution in [0.5, 0.6) is 5.75 Å². The van der Waals surface area contributed by atoms with Crippen LogP contribution < -0.4 is 10.5 Å². The van der Waals surface area contributed by atoms with Crippen molar-refractivity contribution in [1.29, 1.82) is 0 Å². The molecule has 1 aromatic carbocycles. The van der Waals surface area contributed by atoms with Crippen LogP contribution in [-0.2, 0) is 6.61 Å². The fourth-order valence-electron chi connectivity index (χ4n) is 1.82. The molecule has 0 unspecified atom stereocenters. The Hall–Kier alpha value is -1.68. The Morgan fingerprint density at radius 1 is 1.44 bits per heavy atom. The Labute approximate surface area is 111 Å². The number of nitrogens with zero attached hydrogens (tertiary/aromatic N) is 2. The maximum Gasteiger partial charge on any atom is 0.148 e. The molecule has 2 N–H and O–H groups in total. The molecule has 2 rings (SSSR count). The second kappa shape index (κ2) is 5.31. The van der Waals surface area contributed by atoms with Crippen molar-refractivity contribution in [2.45, 2.75) is 26.5 Å². The van der Waals surface area contributed by atoms with Crippen LogP contribution in [0, 0.1) is 0 Å². The molecular weight excluding hydrogens is 250 g/mol. The fourth-order valence-corrected chi connectivity index (χ4v) is 2.00. The Morgan fingerprint density at radius 3 is 2.89 bits per heavy atom. The van der Waals surface area contributed by atoms with Crippen molar-refractivity contribution in [2.24, 2.45) is 0 Å². The molecule has 0 atom stereocenters. The molecule has 0 amide bonds. The van der Waals surface area contributed by atoms with Gasteiger partial charge in [0.15, 0.2) is 0 Å². The maximum absolute atomic E-state index is 5.89. The number of aromatic nitrogens is 2. The Morgan fingerprint density at radius 2 is 2.22 bits per heavy atom. The number of anilines is 1. The molecule has 0 fully saturated rings.